The molecule has 7 heteroatoms. The summed E-state index contributed by atoms with van der Waals surface area (Å²) in [5.74, 6) is 1.22. The van der Waals surface area contributed by atoms with Crippen molar-refractivity contribution in [3.05, 3.63) is 36.0 Å². The molecule has 2 aromatic rings. The van der Waals surface area contributed by atoms with Crippen LogP contribution in [0.15, 0.2) is 30.5 Å². The lowest BCUT2D eigenvalue weighted by atomic mass is 9.97. The molecular formula is C17H22N6O. The third-order valence-corrected chi connectivity index (χ3v) is 4.78. The van der Waals surface area contributed by atoms with Crippen molar-refractivity contribution in [2.75, 3.05) is 60.7 Å². The number of rotatable bonds is 3. The molecule has 0 spiro atoms. The van der Waals surface area contributed by atoms with E-state index in [1.165, 1.54) is 11.3 Å². The molecule has 0 saturated carbocycles. The number of anilines is 4. The predicted octanol–water partition coefficient (Wildman–Crippen LogP) is 1.08. The summed E-state index contributed by atoms with van der Waals surface area (Å²) >= 11 is 0. The average Bonchev–Trinajstić information content (AvgIpc) is 2.54. The van der Waals surface area contributed by atoms with Gasteiger partial charge in [0, 0.05) is 37.8 Å². The SMILES string of the molecule is Nc1ncc(N2CCN(c3cccc(C4COC4)c3)CC2)c(N)n1. The van der Waals surface area contributed by atoms with Crippen LogP contribution in [0.25, 0.3) is 0 Å². The molecule has 2 fully saturated rings. The fraction of sp³-hybridized carbons (Fsp3) is 0.412. The number of nitrogens with zero attached hydrogens (tertiary/aromatic N) is 4. The zero-order valence-corrected chi connectivity index (χ0v) is 13.6. The first-order valence-electron chi connectivity index (χ1n) is 8.26. The Morgan fingerprint density at radius 2 is 1.79 bits per heavy atom. The van der Waals surface area contributed by atoms with Gasteiger partial charge in [-0.1, -0.05) is 12.1 Å². The second kappa shape index (κ2) is 6.16. The summed E-state index contributed by atoms with van der Waals surface area (Å²) in [6, 6.07) is 8.81. The molecule has 0 unspecified atom stereocenters. The van der Waals surface area contributed by atoms with Gasteiger partial charge >= 0.3 is 0 Å². The van der Waals surface area contributed by atoms with Gasteiger partial charge < -0.3 is 26.0 Å². The van der Waals surface area contributed by atoms with Gasteiger partial charge in [-0.25, -0.2) is 4.98 Å². The van der Waals surface area contributed by atoms with Crippen LogP contribution in [0.1, 0.15) is 11.5 Å². The highest BCUT2D eigenvalue weighted by molar-refractivity contribution is 5.64. The van der Waals surface area contributed by atoms with Crippen molar-refractivity contribution in [3.63, 3.8) is 0 Å². The number of benzene rings is 1. The smallest absolute Gasteiger partial charge is 0.222 e. The van der Waals surface area contributed by atoms with Gasteiger partial charge in [0.1, 0.15) is 0 Å². The molecule has 0 radical (unpaired) electrons. The second-order valence-electron chi connectivity index (χ2n) is 6.30. The van der Waals surface area contributed by atoms with E-state index in [4.69, 9.17) is 16.2 Å². The molecule has 2 saturated heterocycles. The summed E-state index contributed by atoms with van der Waals surface area (Å²) in [4.78, 5) is 12.7. The lowest BCUT2D eigenvalue weighted by Gasteiger charge is -2.38. The normalized spacial score (nSPS) is 18.5. The number of piperazine rings is 1. The molecule has 24 heavy (non-hydrogen) atoms. The quantitative estimate of drug-likeness (QED) is 0.871. The fourth-order valence-corrected chi connectivity index (χ4v) is 3.26. The van der Waals surface area contributed by atoms with Crippen LogP contribution in [-0.2, 0) is 4.74 Å². The molecule has 0 atom stereocenters. The van der Waals surface area contributed by atoms with Crippen molar-refractivity contribution in [3.8, 4) is 0 Å². The summed E-state index contributed by atoms with van der Waals surface area (Å²) < 4.78 is 5.30. The minimum atomic E-state index is 0.215. The monoisotopic (exact) mass is 326 g/mol. The van der Waals surface area contributed by atoms with Crippen LogP contribution >= 0.6 is 0 Å². The number of nitrogens with two attached hydrogens (primary N) is 2. The van der Waals surface area contributed by atoms with Crippen molar-refractivity contribution >= 4 is 23.1 Å². The van der Waals surface area contributed by atoms with E-state index in [0.717, 1.165) is 45.1 Å². The highest BCUT2D eigenvalue weighted by Gasteiger charge is 2.23. The van der Waals surface area contributed by atoms with E-state index >= 15 is 0 Å². The first-order valence-corrected chi connectivity index (χ1v) is 8.26. The van der Waals surface area contributed by atoms with Crippen LogP contribution in [0.4, 0.5) is 23.1 Å². The van der Waals surface area contributed by atoms with Gasteiger partial charge in [0.2, 0.25) is 5.95 Å². The van der Waals surface area contributed by atoms with Crippen molar-refractivity contribution in [1.29, 1.82) is 0 Å². The first kappa shape index (κ1) is 15.0. The van der Waals surface area contributed by atoms with Crippen LogP contribution in [0.5, 0.6) is 0 Å². The Bertz CT molecular complexity index is 725. The molecule has 7 nitrogen and oxygen atoms in total. The lowest BCUT2D eigenvalue weighted by Crippen LogP contribution is -2.47. The molecule has 4 N–H and O–H groups in total. The summed E-state index contributed by atoms with van der Waals surface area (Å²) in [5, 5.41) is 0. The molecule has 0 bridgehead atoms. The topological polar surface area (TPSA) is 93.5 Å². The van der Waals surface area contributed by atoms with Crippen LogP contribution in [-0.4, -0.2) is 49.4 Å². The van der Waals surface area contributed by atoms with Crippen LogP contribution in [0.3, 0.4) is 0 Å². The van der Waals surface area contributed by atoms with Gasteiger partial charge in [-0.15, -0.1) is 0 Å². The van der Waals surface area contributed by atoms with Crippen molar-refractivity contribution in [1.82, 2.24) is 9.97 Å². The number of hydrogen-bond donors (Lipinski definition) is 2. The summed E-state index contributed by atoms with van der Waals surface area (Å²) in [7, 11) is 0. The van der Waals surface area contributed by atoms with Gasteiger partial charge in [-0.3, -0.25) is 0 Å². The molecule has 2 aliphatic rings. The van der Waals surface area contributed by atoms with Crippen LogP contribution in [0, 0.1) is 0 Å². The maximum absolute atomic E-state index is 5.97. The number of ether oxygens (including phenoxy) is 1. The van der Waals surface area contributed by atoms with Crippen molar-refractivity contribution < 1.29 is 4.74 Å². The molecule has 1 aromatic carbocycles. The maximum Gasteiger partial charge on any atom is 0.222 e. The Morgan fingerprint density at radius 3 is 2.46 bits per heavy atom. The third kappa shape index (κ3) is 2.82. The standard InChI is InChI=1S/C17H22N6O/c18-16-15(9-20-17(19)21-16)23-6-4-22(5-7-23)14-3-1-2-12(8-14)13-10-24-11-13/h1-3,8-9,13H,4-7,10-11H2,(H4,18,19,20,21). The highest BCUT2D eigenvalue weighted by Crippen LogP contribution is 2.29. The molecule has 0 amide bonds. The number of nitrogen functional groups attached to an aromatic ring is 2. The Labute approximate surface area is 141 Å². The van der Waals surface area contributed by atoms with E-state index in [-0.39, 0.29) is 5.95 Å². The molecule has 4 rings (SSSR count). The zero-order valence-electron chi connectivity index (χ0n) is 13.6. The molecule has 1 aromatic heterocycles. The van der Waals surface area contributed by atoms with Gasteiger partial charge in [0.15, 0.2) is 5.82 Å². The number of aromatic nitrogens is 2. The Kier molecular flexibility index (Phi) is 3.86. The minimum Gasteiger partial charge on any atom is -0.382 e. The number of hydrogen-bond acceptors (Lipinski definition) is 7. The summed E-state index contributed by atoms with van der Waals surface area (Å²) in [6.07, 6.45) is 1.71. The van der Waals surface area contributed by atoms with Crippen molar-refractivity contribution in [2.24, 2.45) is 0 Å². The minimum absolute atomic E-state index is 0.215. The largest absolute Gasteiger partial charge is 0.382 e. The van der Waals surface area contributed by atoms with E-state index in [1.54, 1.807) is 6.20 Å². The van der Waals surface area contributed by atoms with Crippen molar-refractivity contribution in [2.45, 2.75) is 5.92 Å². The second-order valence-corrected chi connectivity index (χ2v) is 6.30. The van der Waals surface area contributed by atoms with Gasteiger partial charge in [-0.2, -0.15) is 4.98 Å². The molecular weight excluding hydrogens is 304 g/mol. The zero-order chi connectivity index (χ0) is 16.5. The average molecular weight is 326 g/mol. The Hall–Kier alpha value is -2.54. The van der Waals surface area contributed by atoms with Gasteiger partial charge in [0.05, 0.1) is 25.1 Å². The van der Waals surface area contributed by atoms with Crippen LogP contribution < -0.4 is 21.3 Å². The molecule has 2 aliphatic heterocycles. The third-order valence-electron chi connectivity index (χ3n) is 4.78. The summed E-state index contributed by atoms with van der Waals surface area (Å²) in [6.45, 7) is 5.33. The highest BCUT2D eigenvalue weighted by atomic mass is 16.5. The van der Waals surface area contributed by atoms with E-state index < -0.39 is 0 Å². The lowest BCUT2D eigenvalue weighted by molar-refractivity contribution is 0.00844. The Balaban J connectivity index is 1.44. The first-order chi connectivity index (χ1) is 11.7. The Morgan fingerprint density at radius 1 is 1.04 bits per heavy atom. The molecule has 3 heterocycles. The fourth-order valence-electron chi connectivity index (χ4n) is 3.26. The van der Waals surface area contributed by atoms with Gasteiger partial charge in [-0.05, 0) is 17.7 Å². The van der Waals surface area contributed by atoms with E-state index in [9.17, 15) is 0 Å². The maximum atomic E-state index is 5.97. The predicted molar refractivity (Wildman–Crippen MR) is 95.3 cm³/mol. The van der Waals surface area contributed by atoms with E-state index in [2.05, 4.69) is 44.0 Å². The van der Waals surface area contributed by atoms with E-state index in [0.29, 0.717) is 11.7 Å². The van der Waals surface area contributed by atoms with Crippen LogP contribution in [0.2, 0.25) is 0 Å². The summed E-state index contributed by atoms with van der Waals surface area (Å²) in [5.41, 5.74) is 15.1. The van der Waals surface area contributed by atoms with E-state index in [1.807, 2.05) is 0 Å². The molecule has 126 valence electrons. The van der Waals surface area contributed by atoms with Gasteiger partial charge in [0.25, 0.3) is 0 Å². The molecule has 0 aliphatic carbocycles.